The summed E-state index contributed by atoms with van der Waals surface area (Å²) in [6.45, 7) is 4.66. The van der Waals surface area contributed by atoms with Crippen molar-refractivity contribution in [3.8, 4) is 11.6 Å². The van der Waals surface area contributed by atoms with Gasteiger partial charge in [0.05, 0.1) is 10.9 Å². The number of fused-ring (bicyclic) bond motifs is 1. The first kappa shape index (κ1) is 18.3. The van der Waals surface area contributed by atoms with Crippen molar-refractivity contribution in [1.82, 2.24) is 14.9 Å². The van der Waals surface area contributed by atoms with Crippen LogP contribution in [0, 0.1) is 11.6 Å². The molecule has 1 aliphatic heterocycles. The third kappa shape index (κ3) is 3.18. The maximum atomic E-state index is 14.2. The molecule has 0 radical (unpaired) electrons. The Morgan fingerprint density at radius 1 is 1.25 bits per heavy atom. The fourth-order valence-corrected chi connectivity index (χ4v) is 3.23. The van der Waals surface area contributed by atoms with Crippen molar-refractivity contribution in [3.05, 3.63) is 71.5 Å². The molecule has 28 heavy (non-hydrogen) atoms. The largest absolute Gasteiger partial charge is 0.435 e. The predicted molar refractivity (Wildman–Crippen MR) is 100 cm³/mol. The van der Waals surface area contributed by atoms with Gasteiger partial charge < -0.3 is 9.64 Å². The molecule has 0 N–H and O–H groups in total. The van der Waals surface area contributed by atoms with Gasteiger partial charge in [0.1, 0.15) is 17.2 Å². The van der Waals surface area contributed by atoms with Gasteiger partial charge in [0.15, 0.2) is 11.6 Å². The van der Waals surface area contributed by atoms with Gasteiger partial charge in [0, 0.05) is 19.0 Å². The summed E-state index contributed by atoms with van der Waals surface area (Å²) < 4.78 is 33.1. The van der Waals surface area contributed by atoms with E-state index in [1.807, 2.05) is 18.2 Å². The summed E-state index contributed by atoms with van der Waals surface area (Å²) >= 11 is 5.61. The molecule has 1 amide bonds. The zero-order chi connectivity index (χ0) is 19.8. The average Bonchev–Trinajstić information content (AvgIpc) is 2.67. The van der Waals surface area contributed by atoms with Crippen molar-refractivity contribution in [1.29, 1.82) is 0 Å². The maximum Gasteiger partial charge on any atom is 0.245 e. The van der Waals surface area contributed by atoms with E-state index < -0.39 is 16.7 Å². The molecule has 0 aliphatic carbocycles. The van der Waals surface area contributed by atoms with Crippen LogP contribution in [0.3, 0.4) is 0 Å². The molecule has 1 saturated heterocycles. The molecule has 2 heterocycles. The quantitative estimate of drug-likeness (QED) is 0.478. The lowest BCUT2D eigenvalue weighted by molar-refractivity contribution is -0.130. The molecule has 0 spiro atoms. The third-order valence-electron chi connectivity index (χ3n) is 4.67. The molecule has 8 heteroatoms. The van der Waals surface area contributed by atoms with Gasteiger partial charge in [-0.2, -0.15) is 0 Å². The van der Waals surface area contributed by atoms with Gasteiger partial charge in [-0.1, -0.05) is 24.2 Å². The molecule has 1 aliphatic rings. The Morgan fingerprint density at radius 3 is 2.79 bits per heavy atom. The van der Waals surface area contributed by atoms with Crippen LogP contribution >= 0.6 is 11.6 Å². The molecule has 1 fully saturated rings. The van der Waals surface area contributed by atoms with E-state index in [0.717, 1.165) is 17.7 Å². The molecular weight excluding hydrogens is 388 g/mol. The van der Waals surface area contributed by atoms with Crippen LogP contribution < -0.4 is 4.74 Å². The standard InChI is InChI=1S/C20H14ClF2N3O2/c1-2-17(27)26-8-12(9-26)11-3-5-15-13(7-11)20(25-10-24-15)28-16-6-4-14(22)18(21)19(16)23/h2-7,10,12H,1,8-9H2. The summed E-state index contributed by atoms with van der Waals surface area (Å²) in [5.74, 6) is -1.91. The number of carbonyl (C=O) groups is 1. The molecule has 3 aromatic rings. The topological polar surface area (TPSA) is 55.3 Å². The van der Waals surface area contributed by atoms with E-state index in [9.17, 15) is 13.6 Å². The van der Waals surface area contributed by atoms with Gasteiger partial charge in [-0.3, -0.25) is 4.79 Å². The number of benzene rings is 2. The number of hydrogen-bond donors (Lipinski definition) is 0. The van der Waals surface area contributed by atoms with Crippen molar-refractivity contribution < 1.29 is 18.3 Å². The molecule has 1 aromatic heterocycles. The first-order chi connectivity index (χ1) is 13.5. The molecule has 0 bridgehead atoms. The number of likely N-dealkylation sites (tertiary alicyclic amines) is 1. The SMILES string of the molecule is C=CC(=O)N1CC(c2ccc3ncnc(Oc4ccc(F)c(Cl)c4F)c3c2)C1. The Bertz CT molecular complexity index is 1100. The Morgan fingerprint density at radius 2 is 2.04 bits per heavy atom. The summed E-state index contributed by atoms with van der Waals surface area (Å²) in [5.41, 5.74) is 1.60. The summed E-state index contributed by atoms with van der Waals surface area (Å²) in [6.07, 6.45) is 2.59. The van der Waals surface area contributed by atoms with Crippen LogP contribution in [0.1, 0.15) is 11.5 Å². The smallest absolute Gasteiger partial charge is 0.245 e. The lowest BCUT2D eigenvalue weighted by Crippen LogP contribution is -2.47. The normalized spacial score (nSPS) is 14.0. The van der Waals surface area contributed by atoms with Crippen LogP contribution in [0.15, 0.2) is 49.3 Å². The van der Waals surface area contributed by atoms with Crippen LogP contribution in [0.2, 0.25) is 5.02 Å². The fourth-order valence-electron chi connectivity index (χ4n) is 3.08. The second kappa shape index (κ2) is 7.16. The van der Waals surface area contributed by atoms with Crippen molar-refractivity contribution >= 4 is 28.4 Å². The molecule has 2 aromatic carbocycles. The summed E-state index contributed by atoms with van der Waals surface area (Å²) in [5, 5.41) is -0.0636. The van der Waals surface area contributed by atoms with Crippen LogP contribution in [0.25, 0.3) is 10.9 Å². The number of ether oxygens (including phenoxy) is 1. The monoisotopic (exact) mass is 401 g/mol. The number of amides is 1. The summed E-state index contributed by atoms with van der Waals surface area (Å²) in [6, 6.07) is 7.77. The number of carbonyl (C=O) groups excluding carboxylic acids is 1. The Kier molecular flexibility index (Phi) is 4.68. The number of halogens is 3. The minimum atomic E-state index is -0.998. The Hall–Kier alpha value is -3.06. The molecule has 5 nitrogen and oxygen atoms in total. The third-order valence-corrected chi connectivity index (χ3v) is 5.01. The first-order valence-electron chi connectivity index (χ1n) is 8.45. The van der Waals surface area contributed by atoms with Gasteiger partial charge >= 0.3 is 0 Å². The Balaban J connectivity index is 1.66. The zero-order valence-corrected chi connectivity index (χ0v) is 15.3. The van der Waals surface area contributed by atoms with Crippen LogP contribution in [0.5, 0.6) is 11.6 Å². The van der Waals surface area contributed by atoms with E-state index >= 15 is 0 Å². The Labute approximate surface area is 164 Å². The van der Waals surface area contributed by atoms with Crippen LogP contribution in [0.4, 0.5) is 8.78 Å². The predicted octanol–water partition coefficient (Wildman–Crippen LogP) is 4.47. The molecular formula is C20H14ClF2N3O2. The molecule has 0 saturated carbocycles. The van der Waals surface area contributed by atoms with Crippen molar-refractivity contribution in [2.75, 3.05) is 13.1 Å². The zero-order valence-electron chi connectivity index (χ0n) is 14.5. The van der Waals surface area contributed by atoms with Crippen LogP contribution in [-0.2, 0) is 4.79 Å². The van der Waals surface area contributed by atoms with Gasteiger partial charge in [-0.25, -0.2) is 18.7 Å². The van der Waals surface area contributed by atoms with Crippen molar-refractivity contribution in [2.45, 2.75) is 5.92 Å². The first-order valence-corrected chi connectivity index (χ1v) is 8.83. The van der Waals surface area contributed by atoms with E-state index in [4.69, 9.17) is 16.3 Å². The molecule has 142 valence electrons. The maximum absolute atomic E-state index is 14.2. The minimum Gasteiger partial charge on any atom is -0.435 e. The van der Waals surface area contributed by atoms with E-state index in [1.54, 1.807) is 4.90 Å². The minimum absolute atomic E-state index is 0.104. The van der Waals surface area contributed by atoms with E-state index in [2.05, 4.69) is 16.5 Å². The van der Waals surface area contributed by atoms with Crippen molar-refractivity contribution in [3.63, 3.8) is 0 Å². The fraction of sp³-hybridized carbons (Fsp3) is 0.150. The summed E-state index contributed by atoms with van der Waals surface area (Å²) in [7, 11) is 0. The second-order valence-electron chi connectivity index (χ2n) is 6.38. The van der Waals surface area contributed by atoms with E-state index in [1.165, 1.54) is 12.4 Å². The number of hydrogen-bond acceptors (Lipinski definition) is 4. The van der Waals surface area contributed by atoms with Crippen molar-refractivity contribution in [2.24, 2.45) is 0 Å². The highest BCUT2D eigenvalue weighted by Gasteiger charge is 2.30. The summed E-state index contributed by atoms with van der Waals surface area (Å²) in [4.78, 5) is 21.6. The van der Waals surface area contributed by atoms with Gasteiger partial charge in [0.25, 0.3) is 0 Å². The highest BCUT2D eigenvalue weighted by atomic mass is 35.5. The number of nitrogens with zero attached hydrogens (tertiary/aromatic N) is 3. The van der Waals surface area contributed by atoms with Gasteiger partial charge in [-0.15, -0.1) is 0 Å². The van der Waals surface area contributed by atoms with Gasteiger partial charge in [0.2, 0.25) is 11.8 Å². The van der Waals surface area contributed by atoms with Gasteiger partial charge in [-0.05, 0) is 35.9 Å². The molecule has 0 atom stereocenters. The van der Waals surface area contributed by atoms with Crippen LogP contribution in [-0.4, -0.2) is 33.9 Å². The lowest BCUT2D eigenvalue weighted by Gasteiger charge is -2.39. The molecule has 4 rings (SSSR count). The highest BCUT2D eigenvalue weighted by molar-refractivity contribution is 6.31. The molecule has 0 unspecified atom stereocenters. The van der Waals surface area contributed by atoms with E-state index in [0.29, 0.717) is 24.0 Å². The highest BCUT2D eigenvalue weighted by Crippen LogP contribution is 2.35. The second-order valence-corrected chi connectivity index (χ2v) is 6.75. The number of aromatic nitrogens is 2. The number of rotatable bonds is 4. The average molecular weight is 402 g/mol. The van der Waals surface area contributed by atoms with E-state index in [-0.39, 0.29) is 23.5 Å². The lowest BCUT2D eigenvalue weighted by atomic mass is 9.90.